The minimum Gasteiger partial charge on any atom is -0.495 e. The first-order valence-corrected chi connectivity index (χ1v) is 11.9. The summed E-state index contributed by atoms with van der Waals surface area (Å²) >= 11 is 0. The lowest BCUT2D eigenvalue weighted by atomic mass is 9.87. The number of ether oxygens (including phenoxy) is 1. The highest BCUT2D eigenvalue weighted by atomic mass is 16.5. The molecule has 0 bridgehead atoms. The number of methoxy groups -OCH3 is 1. The van der Waals surface area contributed by atoms with Crippen LogP contribution < -0.4 is 9.64 Å². The van der Waals surface area contributed by atoms with Gasteiger partial charge in [0.05, 0.1) is 12.8 Å². The third-order valence-electron chi connectivity index (χ3n) is 6.91. The van der Waals surface area contributed by atoms with Crippen LogP contribution in [0.15, 0.2) is 79.0 Å². The van der Waals surface area contributed by atoms with E-state index in [1.165, 1.54) is 22.1 Å². The van der Waals surface area contributed by atoms with Gasteiger partial charge in [0.2, 0.25) is 5.91 Å². The summed E-state index contributed by atoms with van der Waals surface area (Å²) in [6.45, 7) is 5.12. The molecular formula is C29H31N3O2. The SMILES string of the molecule is COc1ccccc1N1CCN(C(=O)CC(c2ccc(C)cc2)c2c[nH]c3ccccc23)CC1. The molecule has 0 aliphatic carbocycles. The van der Waals surface area contributed by atoms with Crippen LogP contribution >= 0.6 is 0 Å². The maximum atomic E-state index is 13.5. The fraction of sp³-hybridized carbons (Fsp3) is 0.276. The van der Waals surface area contributed by atoms with Crippen molar-refractivity contribution in [2.75, 3.05) is 38.2 Å². The zero-order valence-electron chi connectivity index (χ0n) is 19.8. The van der Waals surface area contributed by atoms with Crippen LogP contribution in [0.3, 0.4) is 0 Å². The molecule has 1 atom stereocenters. The first-order valence-electron chi connectivity index (χ1n) is 11.9. The predicted octanol–water partition coefficient (Wildman–Crippen LogP) is 5.36. The topological polar surface area (TPSA) is 48.6 Å². The van der Waals surface area contributed by atoms with Crippen LogP contribution in [-0.4, -0.2) is 49.1 Å². The Hall–Kier alpha value is -3.73. The van der Waals surface area contributed by atoms with E-state index in [4.69, 9.17) is 4.74 Å². The van der Waals surface area contributed by atoms with Gasteiger partial charge in [0.25, 0.3) is 0 Å². The summed E-state index contributed by atoms with van der Waals surface area (Å²) in [6, 6.07) is 25.0. The normalized spacial score (nSPS) is 14.9. The molecule has 1 saturated heterocycles. The average molecular weight is 454 g/mol. The first kappa shape index (κ1) is 22.1. The van der Waals surface area contributed by atoms with Gasteiger partial charge < -0.3 is 19.5 Å². The third kappa shape index (κ3) is 4.38. The van der Waals surface area contributed by atoms with Gasteiger partial charge in [-0.05, 0) is 36.2 Å². The van der Waals surface area contributed by atoms with E-state index in [0.717, 1.165) is 30.0 Å². The van der Waals surface area contributed by atoms with Crippen molar-refractivity contribution in [3.05, 3.63) is 95.7 Å². The summed E-state index contributed by atoms with van der Waals surface area (Å²) in [7, 11) is 1.70. The minimum atomic E-state index is 0.0106. The van der Waals surface area contributed by atoms with Crippen molar-refractivity contribution in [1.29, 1.82) is 0 Å². The molecule has 0 spiro atoms. The Morgan fingerprint density at radius 2 is 1.65 bits per heavy atom. The zero-order chi connectivity index (χ0) is 23.5. The first-order chi connectivity index (χ1) is 16.6. The number of nitrogens with one attached hydrogen (secondary N) is 1. The van der Waals surface area contributed by atoms with E-state index < -0.39 is 0 Å². The molecule has 0 radical (unpaired) electrons. The van der Waals surface area contributed by atoms with E-state index in [2.05, 4.69) is 71.5 Å². The van der Waals surface area contributed by atoms with Crippen molar-refractivity contribution in [2.24, 2.45) is 0 Å². The Bertz CT molecular complexity index is 1270. The van der Waals surface area contributed by atoms with Crippen molar-refractivity contribution < 1.29 is 9.53 Å². The van der Waals surface area contributed by atoms with Gasteiger partial charge in [-0.25, -0.2) is 0 Å². The lowest BCUT2D eigenvalue weighted by Gasteiger charge is -2.37. The van der Waals surface area contributed by atoms with Crippen LogP contribution in [0.4, 0.5) is 5.69 Å². The second kappa shape index (κ2) is 9.64. The molecule has 4 aromatic rings. The Balaban J connectivity index is 1.35. The van der Waals surface area contributed by atoms with E-state index in [1.807, 2.05) is 29.2 Å². The zero-order valence-corrected chi connectivity index (χ0v) is 19.8. The second-order valence-corrected chi connectivity index (χ2v) is 9.00. The average Bonchev–Trinajstić information content (AvgIpc) is 3.32. The van der Waals surface area contributed by atoms with Gasteiger partial charge in [-0.3, -0.25) is 4.79 Å². The van der Waals surface area contributed by atoms with Crippen LogP contribution in [0.1, 0.15) is 29.0 Å². The van der Waals surface area contributed by atoms with Gasteiger partial charge >= 0.3 is 0 Å². The number of rotatable bonds is 6. The van der Waals surface area contributed by atoms with Crippen molar-refractivity contribution in [3.63, 3.8) is 0 Å². The lowest BCUT2D eigenvalue weighted by molar-refractivity contribution is -0.131. The maximum absolute atomic E-state index is 13.5. The van der Waals surface area contributed by atoms with Crippen molar-refractivity contribution in [3.8, 4) is 5.75 Å². The number of carbonyl (C=O) groups excluding carboxylic acids is 1. The molecule has 1 aliphatic heterocycles. The standard InChI is InChI=1S/C29H31N3O2/c1-21-11-13-22(14-12-21)24(25-20-30-26-8-4-3-7-23(25)26)19-29(33)32-17-15-31(16-18-32)27-9-5-6-10-28(27)34-2/h3-14,20,24,30H,15-19H2,1-2H3. The Morgan fingerprint density at radius 1 is 0.941 bits per heavy atom. The predicted molar refractivity (Wildman–Crippen MR) is 138 cm³/mol. The molecule has 5 nitrogen and oxygen atoms in total. The highest BCUT2D eigenvalue weighted by Gasteiger charge is 2.27. The number of aryl methyl sites for hydroxylation is 1. The van der Waals surface area contributed by atoms with E-state index in [9.17, 15) is 4.79 Å². The third-order valence-corrected chi connectivity index (χ3v) is 6.91. The number of para-hydroxylation sites is 3. The molecule has 1 fully saturated rings. The molecule has 174 valence electrons. The number of anilines is 1. The number of carbonyl (C=O) groups is 1. The van der Waals surface area contributed by atoms with Gasteiger partial charge in [-0.2, -0.15) is 0 Å². The number of aromatic amines is 1. The summed E-state index contributed by atoms with van der Waals surface area (Å²) in [4.78, 5) is 21.2. The molecule has 5 rings (SSSR count). The van der Waals surface area contributed by atoms with Crippen LogP contribution in [0, 0.1) is 6.92 Å². The number of hydrogen-bond donors (Lipinski definition) is 1. The molecular weight excluding hydrogens is 422 g/mol. The minimum absolute atomic E-state index is 0.0106. The monoisotopic (exact) mass is 453 g/mol. The summed E-state index contributed by atoms with van der Waals surface area (Å²) < 4.78 is 5.53. The number of H-pyrrole nitrogens is 1. The van der Waals surface area contributed by atoms with Crippen LogP contribution in [0.25, 0.3) is 10.9 Å². The molecule has 1 aliphatic rings. The largest absolute Gasteiger partial charge is 0.495 e. The molecule has 2 heterocycles. The van der Waals surface area contributed by atoms with Gasteiger partial charge in [0.15, 0.2) is 0 Å². The number of hydrogen-bond acceptors (Lipinski definition) is 3. The fourth-order valence-electron chi connectivity index (χ4n) is 4.98. The van der Waals surface area contributed by atoms with Gasteiger partial charge in [-0.1, -0.05) is 60.2 Å². The number of aromatic nitrogens is 1. The van der Waals surface area contributed by atoms with Gasteiger partial charge in [0, 0.05) is 55.6 Å². The Morgan fingerprint density at radius 3 is 2.41 bits per heavy atom. The number of piperazine rings is 1. The number of benzene rings is 3. The molecule has 0 saturated carbocycles. The molecule has 34 heavy (non-hydrogen) atoms. The van der Waals surface area contributed by atoms with Crippen LogP contribution in [0.5, 0.6) is 5.75 Å². The number of amides is 1. The van der Waals surface area contributed by atoms with E-state index in [0.29, 0.717) is 19.5 Å². The van der Waals surface area contributed by atoms with E-state index in [-0.39, 0.29) is 11.8 Å². The number of nitrogens with zero attached hydrogens (tertiary/aromatic N) is 2. The summed E-state index contributed by atoms with van der Waals surface area (Å²) in [6.07, 6.45) is 2.53. The van der Waals surface area contributed by atoms with Crippen molar-refractivity contribution in [1.82, 2.24) is 9.88 Å². The molecule has 5 heteroatoms. The van der Waals surface area contributed by atoms with Gasteiger partial charge in [-0.15, -0.1) is 0 Å². The fourth-order valence-corrected chi connectivity index (χ4v) is 4.98. The highest BCUT2D eigenvalue weighted by Crippen LogP contribution is 2.34. The molecule has 3 aromatic carbocycles. The quantitative estimate of drug-likeness (QED) is 0.428. The Labute approximate surface area is 201 Å². The maximum Gasteiger partial charge on any atom is 0.223 e. The van der Waals surface area contributed by atoms with Crippen molar-refractivity contribution in [2.45, 2.75) is 19.3 Å². The summed E-state index contributed by atoms with van der Waals surface area (Å²) in [5, 5.41) is 1.18. The van der Waals surface area contributed by atoms with E-state index >= 15 is 0 Å². The summed E-state index contributed by atoms with van der Waals surface area (Å²) in [5.41, 5.74) is 5.78. The molecule has 1 amide bonds. The smallest absolute Gasteiger partial charge is 0.223 e. The van der Waals surface area contributed by atoms with E-state index in [1.54, 1.807) is 7.11 Å². The second-order valence-electron chi connectivity index (χ2n) is 9.00. The van der Waals surface area contributed by atoms with Crippen LogP contribution in [-0.2, 0) is 4.79 Å². The van der Waals surface area contributed by atoms with Crippen LogP contribution in [0.2, 0.25) is 0 Å². The Kier molecular flexibility index (Phi) is 6.26. The van der Waals surface area contributed by atoms with Crippen molar-refractivity contribution >= 4 is 22.5 Å². The molecule has 1 unspecified atom stereocenters. The van der Waals surface area contributed by atoms with Gasteiger partial charge in [0.1, 0.15) is 5.75 Å². The molecule has 1 N–H and O–H groups in total. The lowest BCUT2D eigenvalue weighted by Crippen LogP contribution is -2.49. The summed E-state index contributed by atoms with van der Waals surface area (Å²) in [5.74, 6) is 1.09. The highest BCUT2D eigenvalue weighted by molar-refractivity contribution is 5.86. The number of fused-ring (bicyclic) bond motifs is 1. The molecule has 1 aromatic heterocycles.